The quantitative estimate of drug-likeness (QED) is 0.877. The minimum atomic E-state index is -1.06. The SMILES string of the molecule is COc1ccc(C2C=C(C(=O)O)Nc3ncnn32)cc1OC. The molecule has 0 fully saturated rings. The number of allylic oxidation sites excluding steroid dienone is 1. The third-order valence-electron chi connectivity index (χ3n) is 3.39. The summed E-state index contributed by atoms with van der Waals surface area (Å²) in [6.45, 7) is 0. The van der Waals surface area contributed by atoms with Gasteiger partial charge in [0.25, 0.3) is 0 Å². The average molecular weight is 302 g/mol. The highest BCUT2D eigenvalue weighted by Crippen LogP contribution is 2.34. The number of nitrogens with zero attached hydrogens (tertiary/aromatic N) is 3. The van der Waals surface area contributed by atoms with E-state index in [1.165, 1.54) is 6.33 Å². The number of methoxy groups -OCH3 is 2. The second-order valence-corrected chi connectivity index (χ2v) is 4.60. The van der Waals surface area contributed by atoms with Crippen molar-refractivity contribution >= 4 is 11.9 Å². The smallest absolute Gasteiger partial charge is 0.352 e. The largest absolute Gasteiger partial charge is 0.493 e. The molecule has 22 heavy (non-hydrogen) atoms. The highest BCUT2D eigenvalue weighted by Gasteiger charge is 2.26. The molecule has 0 amide bonds. The topological polar surface area (TPSA) is 98.5 Å². The fourth-order valence-corrected chi connectivity index (χ4v) is 2.33. The molecule has 0 aliphatic carbocycles. The molecule has 1 aliphatic rings. The van der Waals surface area contributed by atoms with Gasteiger partial charge in [-0.05, 0) is 23.8 Å². The van der Waals surface area contributed by atoms with Crippen molar-refractivity contribution in [3.05, 3.63) is 41.9 Å². The number of benzene rings is 1. The molecule has 2 heterocycles. The van der Waals surface area contributed by atoms with Gasteiger partial charge in [0.1, 0.15) is 18.1 Å². The van der Waals surface area contributed by atoms with Gasteiger partial charge in [-0.25, -0.2) is 9.48 Å². The third-order valence-corrected chi connectivity index (χ3v) is 3.39. The van der Waals surface area contributed by atoms with Crippen LogP contribution in [-0.4, -0.2) is 40.1 Å². The summed E-state index contributed by atoms with van der Waals surface area (Å²) in [5.41, 5.74) is 0.866. The van der Waals surface area contributed by atoms with Crippen LogP contribution in [0, 0.1) is 0 Å². The minimum absolute atomic E-state index is 0.0558. The second kappa shape index (κ2) is 5.40. The standard InChI is InChI=1S/C14H14N4O4/c1-21-11-4-3-8(5-12(11)22-2)10-6-9(13(19)20)17-14-15-7-16-18(10)14/h3-7,10H,1-2H3,(H,19,20)(H,15,16,17). The number of hydrogen-bond acceptors (Lipinski definition) is 6. The van der Waals surface area contributed by atoms with Crippen LogP contribution in [0.3, 0.4) is 0 Å². The van der Waals surface area contributed by atoms with Gasteiger partial charge in [-0.3, -0.25) is 0 Å². The monoisotopic (exact) mass is 302 g/mol. The average Bonchev–Trinajstić information content (AvgIpc) is 3.01. The zero-order valence-corrected chi connectivity index (χ0v) is 12.0. The minimum Gasteiger partial charge on any atom is -0.493 e. The van der Waals surface area contributed by atoms with Crippen molar-refractivity contribution in [3.63, 3.8) is 0 Å². The molecule has 2 aromatic rings. The highest BCUT2D eigenvalue weighted by molar-refractivity contribution is 5.90. The van der Waals surface area contributed by atoms with Gasteiger partial charge in [-0.2, -0.15) is 10.1 Å². The van der Waals surface area contributed by atoms with E-state index in [-0.39, 0.29) is 5.70 Å². The van der Waals surface area contributed by atoms with Gasteiger partial charge in [-0.15, -0.1) is 0 Å². The van der Waals surface area contributed by atoms with Crippen molar-refractivity contribution in [2.75, 3.05) is 19.5 Å². The fourth-order valence-electron chi connectivity index (χ4n) is 2.33. The predicted octanol–water partition coefficient (Wildman–Crippen LogP) is 1.28. The number of ether oxygens (including phenoxy) is 2. The maximum atomic E-state index is 11.3. The van der Waals surface area contributed by atoms with Crippen LogP contribution in [0.15, 0.2) is 36.3 Å². The van der Waals surface area contributed by atoms with Gasteiger partial charge in [-0.1, -0.05) is 6.07 Å². The van der Waals surface area contributed by atoms with E-state index in [1.54, 1.807) is 37.1 Å². The number of carboxylic acids is 1. The molecule has 1 atom stereocenters. The third kappa shape index (κ3) is 2.24. The maximum absolute atomic E-state index is 11.3. The molecule has 1 aliphatic heterocycles. The van der Waals surface area contributed by atoms with Gasteiger partial charge < -0.3 is 19.9 Å². The zero-order valence-electron chi connectivity index (χ0n) is 12.0. The molecule has 0 bridgehead atoms. The van der Waals surface area contributed by atoms with E-state index in [0.29, 0.717) is 17.4 Å². The first-order chi connectivity index (χ1) is 10.6. The van der Waals surface area contributed by atoms with Gasteiger partial charge >= 0.3 is 5.97 Å². The summed E-state index contributed by atoms with van der Waals surface area (Å²) in [6.07, 6.45) is 2.94. The predicted molar refractivity (Wildman–Crippen MR) is 77.0 cm³/mol. The number of anilines is 1. The summed E-state index contributed by atoms with van der Waals surface area (Å²) in [5, 5.41) is 16.1. The normalized spacial score (nSPS) is 16.3. The zero-order chi connectivity index (χ0) is 15.7. The lowest BCUT2D eigenvalue weighted by molar-refractivity contribution is -0.132. The molecule has 0 spiro atoms. The lowest BCUT2D eigenvalue weighted by atomic mass is 10.0. The van der Waals surface area contributed by atoms with Crippen LogP contribution in [0.5, 0.6) is 11.5 Å². The maximum Gasteiger partial charge on any atom is 0.352 e. The second-order valence-electron chi connectivity index (χ2n) is 4.60. The summed E-state index contributed by atoms with van der Waals surface area (Å²) in [6, 6.07) is 4.99. The summed E-state index contributed by atoms with van der Waals surface area (Å²) in [7, 11) is 3.10. The number of nitrogens with one attached hydrogen (secondary N) is 1. The van der Waals surface area contributed by atoms with Crippen molar-refractivity contribution < 1.29 is 19.4 Å². The number of carbonyl (C=O) groups is 1. The van der Waals surface area contributed by atoms with E-state index in [0.717, 1.165) is 5.56 Å². The van der Waals surface area contributed by atoms with Crippen LogP contribution >= 0.6 is 0 Å². The van der Waals surface area contributed by atoms with Gasteiger partial charge in [0.05, 0.1) is 14.2 Å². The summed E-state index contributed by atoms with van der Waals surface area (Å²) in [4.78, 5) is 15.3. The Bertz CT molecular complexity index is 753. The molecule has 0 radical (unpaired) electrons. The molecule has 1 aromatic carbocycles. The van der Waals surface area contributed by atoms with Crippen molar-refractivity contribution in [1.82, 2.24) is 14.8 Å². The first-order valence-corrected chi connectivity index (χ1v) is 6.47. The Kier molecular flexibility index (Phi) is 3.42. The molecule has 114 valence electrons. The van der Waals surface area contributed by atoms with Crippen LogP contribution in [0.1, 0.15) is 11.6 Å². The Balaban J connectivity index is 2.09. The van der Waals surface area contributed by atoms with E-state index < -0.39 is 12.0 Å². The number of aromatic nitrogens is 3. The number of hydrogen-bond donors (Lipinski definition) is 2. The van der Waals surface area contributed by atoms with Crippen molar-refractivity contribution in [2.45, 2.75) is 6.04 Å². The first kappa shape index (κ1) is 13.9. The van der Waals surface area contributed by atoms with Crippen LogP contribution in [0.25, 0.3) is 0 Å². The Hall–Kier alpha value is -3.03. The molecule has 2 N–H and O–H groups in total. The van der Waals surface area contributed by atoms with Crippen molar-refractivity contribution in [2.24, 2.45) is 0 Å². The molecular weight excluding hydrogens is 288 g/mol. The Morgan fingerprint density at radius 3 is 2.77 bits per heavy atom. The highest BCUT2D eigenvalue weighted by atomic mass is 16.5. The molecular formula is C14H14N4O4. The summed E-state index contributed by atoms with van der Waals surface area (Å²) < 4.78 is 12.1. The lowest BCUT2D eigenvalue weighted by Gasteiger charge is -2.23. The Labute approximate surface area is 126 Å². The van der Waals surface area contributed by atoms with Crippen LogP contribution in [0.2, 0.25) is 0 Å². The summed E-state index contributed by atoms with van der Waals surface area (Å²) in [5.74, 6) is 0.478. The number of fused-ring (bicyclic) bond motifs is 1. The Morgan fingerprint density at radius 1 is 1.32 bits per heavy atom. The van der Waals surface area contributed by atoms with Crippen LogP contribution in [0.4, 0.5) is 5.95 Å². The van der Waals surface area contributed by atoms with E-state index in [4.69, 9.17) is 9.47 Å². The van der Waals surface area contributed by atoms with Crippen LogP contribution < -0.4 is 14.8 Å². The van der Waals surface area contributed by atoms with E-state index >= 15 is 0 Å². The van der Waals surface area contributed by atoms with E-state index in [2.05, 4.69) is 15.4 Å². The number of aliphatic carboxylic acids is 1. The van der Waals surface area contributed by atoms with Crippen molar-refractivity contribution in [3.8, 4) is 11.5 Å². The number of carboxylic acid groups (broad SMARTS) is 1. The lowest BCUT2D eigenvalue weighted by Crippen LogP contribution is -2.24. The van der Waals surface area contributed by atoms with E-state index in [9.17, 15) is 9.90 Å². The number of rotatable bonds is 4. The molecule has 8 nitrogen and oxygen atoms in total. The molecule has 0 saturated carbocycles. The van der Waals surface area contributed by atoms with Crippen molar-refractivity contribution in [1.29, 1.82) is 0 Å². The van der Waals surface area contributed by atoms with Gasteiger partial charge in [0.15, 0.2) is 11.5 Å². The molecule has 1 unspecified atom stereocenters. The fraction of sp³-hybridized carbons (Fsp3) is 0.214. The van der Waals surface area contributed by atoms with Crippen LogP contribution in [-0.2, 0) is 4.79 Å². The first-order valence-electron chi connectivity index (χ1n) is 6.47. The molecule has 8 heteroatoms. The Morgan fingerprint density at radius 2 is 2.09 bits per heavy atom. The van der Waals surface area contributed by atoms with Gasteiger partial charge in [0.2, 0.25) is 5.95 Å². The molecule has 3 rings (SSSR count). The molecule has 0 saturated heterocycles. The van der Waals surface area contributed by atoms with E-state index in [1.807, 2.05) is 6.07 Å². The molecule has 1 aromatic heterocycles. The summed E-state index contributed by atoms with van der Waals surface area (Å²) >= 11 is 0. The van der Waals surface area contributed by atoms with Gasteiger partial charge in [0, 0.05) is 0 Å².